The van der Waals surface area contributed by atoms with E-state index in [9.17, 15) is 4.39 Å². The van der Waals surface area contributed by atoms with Gasteiger partial charge in [0.2, 0.25) is 0 Å². The van der Waals surface area contributed by atoms with Gasteiger partial charge in [0.05, 0.1) is 0 Å². The van der Waals surface area contributed by atoms with E-state index >= 15 is 0 Å². The van der Waals surface area contributed by atoms with Gasteiger partial charge in [-0.1, -0.05) is 0 Å². The molecule has 0 bridgehead atoms. The van der Waals surface area contributed by atoms with Gasteiger partial charge in [-0.25, -0.2) is 4.39 Å². The van der Waals surface area contributed by atoms with Gasteiger partial charge in [0, 0.05) is 32.2 Å². The largest absolute Gasteiger partial charge is 0.314 e. The normalized spacial score (nSPS) is 37.9. The Morgan fingerprint density at radius 1 is 1.45 bits per heavy atom. The number of halogens is 2. The first kappa shape index (κ1) is 9.23. The van der Waals surface area contributed by atoms with Gasteiger partial charge in [0.25, 0.3) is 0 Å². The van der Waals surface area contributed by atoms with E-state index in [1.165, 1.54) is 0 Å². The summed E-state index contributed by atoms with van der Waals surface area (Å²) in [6.45, 7) is 3.72. The lowest BCUT2D eigenvalue weighted by Gasteiger charge is -2.29. The van der Waals surface area contributed by atoms with Crippen LogP contribution >= 0.6 is 12.4 Å². The molecule has 0 amide bonds. The first-order chi connectivity index (χ1) is 4.86. The van der Waals surface area contributed by atoms with Crippen molar-refractivity contribution in [1.82, 2.24) is 10.2 Å². The number of piperazine rings is 1. The van der Waals surface area contributed by atoms with Crippen LogP contribution in [0.3, 0.4) is 0 Å². The van der Waals surface area contributed by atoms with Crippen molar-refractivity contribution in [2.24, 2.45) is 0 Å². The average Bonchev–Trinajstić information content (AvgIpc) is 2.27. The SMILES string of the molecule is Cl.FC1CC2CNCCN2C1. The Kier molecular flexibility index (Phi) is 3.10. The van der Waals surface area contributed by atoms with E-state index in [0.717, 1.165) is 26.1 Å². The molecule has 0 spiro atoms. The number of rotatable bonds is 0. The number of alkyl halides is 1. The zero-order valence-electron chi connectivity index (χ0n) is 6.42. The number of fused-ring (bicyclic) bond motifs is 1. The lowest BCUT2D eigenvalue weighted by Crippen LogP contribution is -2.47. The zero-order valence-corrected chi connectivity index (χ0v) is 7.24. The Labute approximate surface area is 72.5 Å². The van der Waals surface area contributed by atoms with Gasteiger partial charge in [0.1, 0.15) is 6.17 Å². The Balaban J connectivity index is 0.000000605. The van der Waals surface area contributed by atoms with Crippen molar-refractivity contribution >= 4 is 12.4 Å². The fourth-order valence-corrected chi connectivity index (χ4v) is 1.90. The molecule has 2 rings (SSSR count). The van der Waals surface area contributed by atoms with Crippen molar-refractivity contribution in [3.05, 3.63) is 0 Å². The van der Waals surface area contributed by atoms with Crippen molar-refractivity contribution in [2.75, 3.05) is 26.2 Å². The molecule has 0 saturated carbocycles. The molecular weight excluding hydrogens is 167 g/mol. The summed E-state index contributed by atoms with van der Waals surface area (Å²) in [6.07, 6.45) is 0.178. The Hall–Kier alpha value is 0.140. The maximum Gasteiger partial charge on any atom is 0.114 e. The fraction of sp³-hybridized carbons (Fsp3) is 1.00. The Morgan fingerprint density at radius 2 is 2.27 bits per heavy atom. The van der Waals surface area contributed by atoms with E-state index in [1.54, 1.807) is 0 Å². The first-order valence-corrected chi connectivity index (χ1v) is 3.95. The number of hydrogen-bond donors (Lipinski definition) is 1. The number of nitrogens with one attached hydrogen (secondary N) is 1. The van der Waals surface area contributed by atoms with Gasteiger partial charge in [0.15, 0.2) is 0 Å². The molecule has 2 nitrogen and oxygen atoms in total. The minimum Gasteiger partial charge on any atom is -0.314 e. The molecule has 2 aliphatic heterocycles. The van der Waals surface area contributed by atoms with Crippen molar-refractivity contribution in [1.29, 1.82) is 0 Å². The van der Waals surface area contributed by atoms with Crippen LogP contribution in [0, 0.1) is 0 Å². The highest BCUT2D eigenvalue weighted by Crippen LogP contribution is 2.20. The van der Waals surface area contributed by atoms with Crippen molar-refractivity contribution in [3.8, 4) is 0 Å². The van der Waals surface area contributed by atoms with Crippen LogP contribution in [0.5, 0.6) is 0 Å². The second kappa shape index (κ2) is 3.70. The molecule has 2 fully saturated rings. The minimum atomic E-state index is -0.565. The Morgan fingerprint density at radius 3 is 3.00 bits per heavy atom. The van der Waals surface area contributed by atoms with E-state index < -0.39 is 6.17 Å². The van der Waals surface area contributed by atoms with Crippen LogP contribution in [0.15, 0.2) is 0 Å². The van der Waals surface area contributed by atoms with Gasteiger partial charge in [-0.3, -0.25) is 4.90 Å². The molecule has 0 aromatic carbocycles. The van der Waals surface area contributed by atoms with Gasteiger partial charge >= 0.3 is 0 Å². The van der Waals surface area contributed by atoms with Crippen LogP contribution in [0.2, 0.25) is 0 Å². The molecule has 2 atom stereocenters. The predicted octanol–water partition coefficient (Wildman–Crippen LogP) is 0.424. The molecule has 2 saturated heterocycles. The number of hydrogen-bond acceptors (Lipinski definition) is 2. The third-order valence-corrected chi connectivity index (χ3v) is 2.43. The van der Waals surface area contributed by atoms with E-state index in [1.807, 2.05) is 0 Å². The van der Waals surface area contributed by atoms with E-state index in [0.29, 0.717) is 12.6 Å². The summed E-state index contributed by atoms with van der Waals surface area (Å²) in [4.78, 5) is 2.25. The Bertz CT molecular complexity index is 120. The third-order valence-electron chi connectivity index (χ3n) is 2.43. The van der Waals surface area contributed by atoms with Gasteiger partial charge in [-0.15, -0.1) is 12.4 Å². The first-order valence-electron chi connectivity index (χ1n) is 3.95. The highest BCUT2D eigenvalue weighted by molar-refractivity contribution is 5.85. The highest BCUT2D eigenvalue weighted by atomic mass is 35.5. The van der Waals surface area contributed by atoms with Crippen LogP contribution in [-0.4, -0.2) is 43.3 Å². The lowest BCUT2D eigenvalue weighted by molar-refractivity contribution is 0.207. The monoisotopic (exact) mass is 180 g/mol. The van der Waals surface area contributed by atoms with Crippen LogP contribution in [0.4, 0.5) is 4.39 Å². The maximum absolute atomic E-state index is 12.8. The standard InChI is InChI=1S/C7H13FN2.ClH/c8-6-3-7-4-9-1-2-10(7)5-6;/h6-7,9H,1-5H2;1H. The summed E-state index contributed by atoms with van der Waals surface area (Å²) >= 11 is 0. The molecule has 0 aromatic rings. The molecule has 66 valence electrons. The minimum absolute atomic E-state index is 0. The maximum atomic E-state index is 12.8. The molecule has 0 radical (unpaired) electrons. The summed E-state index contributed by atoms with van der Waals surface area (Å²) in [5, 5.41) is 3.27. The molecule has 4 heteroatoms. The summed E-state index contributed by atoms with van der Waals surface area (Å²) in [5.74, 6) is 0. The predicted molar refractivity (Wildman–Crippen MR) is 45.0 cm³/mol. The highest BCUT2D eigenvalue weighted by Gasteiger charge is 2.32. The zero-order chi connectivity index (χ0) is 6.97. The molecule has 11 heavy (non-hydrogen) atoms. The van der Waals surface area contributed by atoms with E-state index in [4.69, 9.17) is 0 Å². The molecule has 2 unspecified atom stereocenters. The van der Waals surface area contributed by atoms with Crippen LogP contribution < -0.4 is 5.32 Å². The lowest BCUT2D eigenvalue weighted by atomic mass is 10.2. The molecule has 2 heterocycles. The second-order valence-electron chi connectivity index (χ2n) is 3.19. The van der Waals surface area contributed by atoms with E-state index in [2.05, 4.69) is 10.2 Å². The summed E-state index contributed by atoms with van der Waals surface area (Å²) < 4.78 is 12.8. The van der Waals surface area contributed by atoms with Crippen LogP contribution in [0.25, 0.3) is 0 Å². The van der Waals surface area contributed by atoms with Crippen LogP contribution in [0.1, 0.15) is 6.42 Å². The van der Waals surface area contributed by atoms with Gasteiger partial charge < -0.3 is 5.32 Å². The molecule has 1 N–H and O–H groups in total. The molecule has 0 aromatic heterocycles. The van der Waals surface area contributed by atoms with Crippen molar-refractivity contribution < 1.29 is 4.39 Å². The molecule has 2 aliphatic rings. The van der Waals surface area contributed by atoms with Gasteiger partial charge in [-0.2, -0.15) is 0 Å². The summed E-state index contributed by atoms with van der Waals surface area (Å²) in [7, 11) is 0. The van der Waals surface area contributed by atoms with E-state index in [-0.39, 0.29) is 12.4 Å². The third kappa shape index (κ3) is 1.83. The molecular formula is C7H14ClFN2. The van der Waals surface area contributed by atoms with Crippen LogP contribution in [-0.2, 0) is 0 Å². The fourth-order valence-electron chi connectivity index (χ4n) is 1.90. The number of nitrogens with zero attached hydrogens (tertiary/aromatic N) is 1. The van der Waals surface area contributed by atoms with Crippen molar-refractivity contribution in [2.45, 2.75) is 18.6 Å². The topological polar surface area (TPSA) is 15.3 Å². The second-order valence-corrected chi connectivity index (χ2v) is 3.19. The molecule has 0 aliphatic carbocycles. The summed E-state index contributed by atoms with van der Waals surface area (Å²) in [6, 6.07) is 0.490. The quantitative estimate of drug-likeness (QED) is 0.582. The van der Waals surface area contributed by atoms with Gasteiger partial charge in [-0.05, 0) is 6.42 Å². The average molecular weight is 181 g/mol. The smallest absolute Gasteiger partial charge is 0.114 e. The van der Waals surface area contributed by atoms with Crippen molar-refractivity contribution in [3.63, 3.8) is 0 Å². The summed E-state index contributed by atoms with van der Waals surface area (Å²) in [5.41, 5.74) is 0.